The van der Waals surface area contributed by atoms with Crippen molar-refractivity contribution in [3.63, 3.8) is 0 Å². The van der Waals surface area contributed by atoms with Crippen molar-refractivity contribution in [3.05, 3.63) is 29.8 Å². The molecule has 4 N–H and O–H groups in total. The average Bonchev–Trinajstić information content (AvgIpc) is 2.40. The van der Waals surface area contributed by atoms with Crippen molar-refractivity contribution in [2.45, 2.75) is 12.9 Å². The van der Waals surface area contributed by atoms with E-state index < -0.39 is 16.4 Å². The summed E-state index contributed by atoms with van der Waals surface area (Å²) in [5.41, 5.74) is 6.21. The molecule has 0 bridgehead atoms. The summed E-state index contributed by atoms with van der Waals surface area (Å²) < 4.78 is 63.7. The highest BCUT2D eigenvalue weighted by atomic mass is 127. The SMILES string of the molecule is CS(=O)(=O)NCCNC(N)=NCc1ccc(OC(F)(F)F)cc1.I. The number of alkyl halides is 3. The molecule has 1 aromatic carbocycles. The van der Waals surface area contributed by atoms with Crippen LogP contribution in [0, 0.1) is 0 Å². The van der Waals surface area contributed by atoms with E-state index >= 15 is 0 Å². The van der Waals surface area contributed by atoms with Crippen LogP contribution in [0.1, 0.15) is 5.56 Å². The summed E-state index contributed by atoms with van der Waals surface area (Å²) in [7, 11) is -3.26. The number of ether oxygens (including phenoxy) is 1. The second-order valence-electron chi connectivity index (χ2n) is 4.49. The molecule has 0 aliphatic carbocycles. The van der Waals surface area contributed by atoms with Crippen LogP contribution in [0.4, 0.5) is 13.2 Å². The van der Waals surface area contributed by atoms with Gasteiger partial charge in [-0.3, -0.25) is 0 Å². The minimum atomic E-state index is -4.73. The van der Waals surface area contributed by atoms with E-state index in [4.69, 9.17) is 5.73 Å². The number of guanidine groups is 1. The number of nitrogens with two attached hydrogens (primary N) is 1. The largest absolute Gasteiger partial charge is 0.573 e. The van der Waals surface area contributed by atoms with E-state index in [-0.39, 0.29) is 55.3 Å². The first-order valence-electron chi connectivity index (χ1n) is 6.38. The maximum absolute atomic E-state index is 12.0. The molecule has 0 aromatic heterocycles. The van der Waals surface area contributed by atoms with Gasteiger partial charge in [0.1, 0.15) is 5.75 Å². The van der Waals surface area contributed by atoms with Gasteiger partial charge in [-0.05, 0) is 17.7 Å². The second-order valence-corrected chi connectivity index (χ2v) is 6.32. The van der Waals surface area contributed by atoms with E-state index in [1.165, 1.54) is 24.3 Å². The molecule has 0 unspecified atom stereocenters. The molecule has 7 nitrogen and oxygen atoms in total. The Kier molecular flexibility index (Phi) is 9.35. The molecule has 138 valence electrons. The number of hydrogen-bond donors (Lipinski definition) is 3. The molecule has 0 heterocycles. The second kappa shape index (κ2) is 9.88. The fourth-order valence-electron chi connectivity index (χ4n) is 1.46. The molecule has 0 saturated heterocycles. The monoisotopic (exact) mass is 482 g/mol. The lowest BCUT2D eigenvalue weighted by Crippen LogP contribution is -2.38. The van der Waals surface area contributed by atoms with Crippen LogP contribution in [-0.2, 0) is 16.6 Å². The van der Waals surface area contributed by atoms with Crippen LogP contribution in [0.25, 0.3) is 0 Å². The van der Waals surface area contributed by atoms with Gasteiger partial charge in [0, 0.05) is 13.1 Å². The van der Waals surface area contributed by atoms with Gasteiger partial charge in [-0.2, -0.15) is 0 Å². The quantitative estimate of drug-likeness (QED) is 0.234. The number of hydrogen-bond acceptors (Lipinski definition) is 4. The van der Waals surface area contributed by atoms with Gasteiger partial charge in [-0.1, -0.05) is 12.1 Å². The number of rotatable bonds is 7. The van der Waals surface area contributed by atoms with Crippen LogP contribution in [0.15, 0.2) is 29.3 Å². The molecule has 12 heteroatoms. The van der Waals surface area contributed by atoms with Crippen LogP contribution in [-0.4, -0.2) is 40.1 Å². The van der Waals surface area contributed by atoms with E-state index in [1.54, 1.807) is 0 Å². The number of halogens is 4. The Bertz CT molecular complexity index is 636. The van der Waals surface area contributed by atoms with Gasteiger partial charge in [-0.15, -0.1) is 37.1 Å². The van der Waals surface area contributed by atoms with E-state index in [0.717, 1.165) is 6.26 Å². The summed E-state index contributed by atoms with van der Waals surface area (Å²) in [6.45, 7) is 0.559. The van der Waals surface area contributed by atoms with Crippen molar-refractivity contribution in [1.82, 2.24) is 10.0 Å². The third kappa shape index (κ3) is 11.3. The first kappa shape index (κ1) is 22.7. The summed E-state index contributed by atoms with van der Waals surface area (Å²) in [5, 5.41) is 2.70. The van der Waals surface area contributed by atoms with E-state index in [9.17, 15) is 21.6 Å². The minimum Gasteiger partial charge on any atom is -0.406 e. The lowest BCUT2D eigenvalue weighted by molar-refractivity contribution is -0.274. The Morgan fingerprint density at radius 3 is 2.33 bits per heavy atom. The molecule has 0 fully saturated rings. The standard InChI is InChI=1S/C12H17F3N4O3S.HI/c1-23(20,21)19-7-6-17-11(16)18-8-9-2-4-10(5-3-9)22-12(13,14)15;/h2-5,19H,6-8H2,1H3,(H3,16,17,18);1H. The third-order valence-corrected chi connectivity index (χ3v) is 3.11. The zero-order valence-electron chi connectivity index (χ0n) is 12.6. The molecule has 0 aliphatic rings. The molecular formula is C12H18F3IN4O3S. The van der Waals surface area contributed by atoms with Gasteiger partial charge in [0.15, 0.2) is 5.96 Å². The molecular weight excluding hydrogens is 464 g/mol. The Morgan fingerprint density at radius 1 is 1.25 bits per heavy atom. The molecule has 24 heavy (non-hydrogen) atoms. The van der Waals surface area contributed by atoms with Gasteiger partial charge in [0.2, 0.25) is 10.0 Å². The zero-order valence-corrected chi connectivity index (χ0v) is 15.8. The van der Waals surface area contributed by atoms with Crippen molar-refractivity contribution in [1.29, 1.82) is 0 Å². The Labute approximate surface area is 154 Å². The summed E-state index contributed by atoms with van der Waals surface area (Å²) in [6.07, 6.45) is -3.69. The van der Waals surface area contributed by atoms with Gasteiger partial charge < -0.3 is 15.8 Å². The fraction of sp³-hybridized carbons (Fsp3) is 0.417. The first-order chi connectivity index (χ1) is 10.6. The third-order valence-electron chi connectivity index (χ3n) is 2.38. The van der Waals surface area contributed by atoms with Crippen LogP contribution < -0.4 is 20.5 Å². The zero-order chi connectivity index (χ0) is 17.5. The minimum absolute atomic E-state index is 0. The Balaban J connectivity index is 0.00000529. The van der Waals surface area contributed by atoms with Crippen molar-refractivity contribution in [2.24, 2.45) is 10.7 Å². The highest BCUT2D eigenvalue weighted by Gasteiger charge is 2.30. The van der Waals surface area contributed by atoms with Crippen LogP contribution in [0.3, 0.4) is 0 Å². The van der Waals surface area contributed by atoms with Crippen LogP contribution in [0.5, 0.6) is 5.75 Å². The maximum Gasteiger partial charge on any atom is 0.573 e. The van der Waals surface area contributed by atoms with Gasteiger partial charge in [-0.25, -0.2) is 18.1 Å². The van der Waals surface area contributed by atoms with Crippen molar-refractivity contribution in [2.75, 3.05) is 19.3 Å². The molecule has 0 saturated carbocycles. The smallest absolute Gasteiger partial charge is 0.406 e. The van der Waals surface area contributed by atoms with Crippen LogP contribution in [0.2, 0.25) is 0 Å². The molecule has 1 aromatic rings. The number of nitrogens with one attached hydrogen (secondary N) is 2. The van der Waals surface area contributed by atoms with Crippen molar-refractivity contribution in [3.8, 4) is 5.75 Å². The highest BCUT2D eigenvalue weighted by molar-refractivity contribution is 14.0. The Morgan fingerprint density at radius 2 is 1.83 bits per heavy atom. The van der Waals surface area contributed by atoms with E-state index in [1.807, 2.05) is 0 Å². The first-order valence-corrected chi connectivity index (χ1v) is 8.27. The summed E-state index contributed by atoms with van der Waals surface area (Å²) in [6, 6.07) is 5.22. The van der Waals surface area contributed by atoms with Crippen LogP contribution >= 0.6 is 24.0 Å². The molecule has 0 atom stereocenters. The maximum atomic E-state index is 12.0. The molecule has 1 rings (SSSR count). The van der Waals surface area contributed by atoms with Crippen molar-refractivity contribution >= 4 is 40.0 Å². The Hall–Kier alpha value is -1.28. The van der Waals surface area contributed by atoms with Gasteiger partial charge >= 0.3 is 6.36 Å². The highest BCUT2D eigenvalue weighted by Crippen LogP contribution is 2.22. The number of nitrogens with zero attached hydrogens (tertiary/aromatic N) is 1. The molecule has 0 aliphatic heterocycles. The van der Waals surface area contributed by atoms with Gasteiger partial charge in [0.05, 0.1) is 12.8 Å². The summed E-state index contributed by atoms with van der Waals surface area (Å²) in [4.78, 5) is 3.98. The normalized spacial score (nSPS) is 12.4. The lowest BCUT2D eigenvalue weighted by atomic mass is 10.2. The number of sulfonamides is 1. The molecule has 0 amide bonds. The summed E-state index contributed by atoms with van der Waals surface area (Å²) in [5.74, 6) is -0.223. The fourth-order valence-corrected chi connectivity index (χ4v) is 1.93. The number of benzene rings is 1. The van der Waals surface area contributed by atoms with Crippen molar-refractivity contribution < 1.29 is 26.3 Å². The lowest BCUT2D eigenvalue weighted by Gasteiger charge is -2.09. The topological polar surface area (TPSA) is 106 Å². The van der Waals surface area contributed by atoms with E-state index in [0.29, 0.717) is 5.56 Å². The molecule has 0 spiro atoms. The predicted molar refractivity (Wildman–Crippen MR) is 94.7 cm³/mol. The summed E-state index contributed by atoms with van der Waals surface area (Å²) >= 11 is 0. The molecule has 0 radical (unpaired) electrons. The van der Waals surface area contributed by atoms with Gasteiger partial charge in [0.25, 0.3) is 0 Å². The van der Waals surface area contributed by atoms with E-state index in [2.05, 4.69) is 19.8 Å². The average molecular weight is 482 g/mol. The number of aliphatic imine (C=N–C) groups is 1. The predicted octanol–water partition coefficient (Wildman–Crippen LogP) is 1.16.